The summed E-state index contributed by atoms with van der Waals surface area (Å²) in [6.45, 7) is 5.31. The van der Waals surface area contributed by atoms with E-state index in [1.165, 1.54) is 19.1 Å². The number of halogens is 1. The molecule has 0 aliphatic carbocycles. The molecule has 0 aliphatic rings. The van der Waals surface area contributed by atoms with Crippen molar-refractivity contribution in [3.63, 3.8) is 0 Å². The van der Waals surface area contributed by atoms with Gasteiger partial charge in [0, 0.05) is 11.7 Å². The Kier molecular flexibility index (Phi) is 5.47. The molecule has 1 rings (SSSR count). The molecule has 0 saturated carbocycles. The second-order valence-corrected chi connectivity index (χ2v) is 6.19. The fourth-order valence-corrected chi connectivity index (χ4v) is 2.53. The Hall–Kier alpha value is -1.43. The predicted molar refractivity (Wildman–Crippen MR) is 74.6 cm³/mol. The fraction of sp³-hybridized carbons (Fsp3) is 0.462. The summed E-state index contributed by atoms with van der Waals surface area (Å²) < 4.78 is 25.8. The SMILES string of the molecule is CCC(C)NC(=O)C(C)S(=O)c1ccc(N)cc1F. The van der Waals surface area contributed by atoms with Gasteiger partial charge in [-0.15, -0.1) is 0 Å². The van der Waals surface area contributed by atoms with Gasteiger partial charge in [0.2, 0.25) is 5.91 Å². The average molecular weight is 286 g/mol. The molecule has 0 bridgehead atoms. The van der Waals surface area contributed by atoms with Crippen LogP contribution >= 0.6 is 0 Å². The molecule has 3 unspecified atom stereocenters. The Bertz CT molecular complexity index is 494. The molecule has 1 aromatic carbocycles. The molecule has 106 valence electrons. The third kappa shape index (κ3) is 4.02. The minimum atomic E-state index is -1.74. The highest BCUT2D eigenvalue weighted by atomic mass is 32.2. The highest BCUT2D eigenvalue weighted by Crippen LogP contribution is 2.18. The number of benzene rings is 1. The van der Waals surface area contributed by atoms with Crippen molar-refractivity contribution in [1.82, 2.24) is 5.32 Å². The number of anilines is 1. The van der Waals surface area contributed by atoms with Crippen LogP contribution in [0, 0.1) is 5.82 Å². The van der Waals surface area contributed by atoms with Gasteiger partial charge in [-0.3, -0.25) is 9.00 Å². The summed E-state index contributed by atoms with van der Waals surface area (Å²) in [5.74, 6) is -0.995. The maximum absolute atomic E-state index is 13.6. The van der Waals surface area contributed by atoms with E-state index in [1.807, 2.05) is 13.8 Å². The zero-order valence-electron chi connectivity index (χ0n) is 11.3. The quantitative estimate of drug-likeness (QED) is 0.811. The van der Waals surface area contributed by atoms with Gasteiger partial charge in [0.1, 0.15) is 11.1 Å². The van der Waals surface area contributed by atoms with Crippen molar-refractivity contribution in [3.05, 3.63) is 24.0 Å². The molecule has 0 spiro atoms. The van der Waals surface area contributed by atoms with Gasteiger partial charge < -0.3 is 11.1 Å². The van der Waals surface area contributed by atoms with Gasteiger partial charge in [0.25, 0.3) is 0 Å². The molecule has 0 fully saturated rings. The molecule has 0 heterocycles. The number of amides is 1. The lowest BCUT2D eigenvalue weighted by Crippen LogP contribution is -2.40. The van der Waals surface area contributed by atoms with E-state index in [-0.39, 0.29) is 22.5 Å². The minimum absolute atomic E-state index is 0.000927. The summed E-state index contributed by atoms with van der Waals surface area (Å²) in [6.07, 6.45) is 0.779. The van der Waals surface area contributed by atoms with Crippen LogP contribution in [-0.2, 0) is 15.6 Å². The molecular formula is C13H19FN2O2S. The Balaban J connectivity index is 2.84. The third-order valence-corrected chi connectivity index (χ3v) is 4.48. The van der Waals surface area contributed by atoms with Gasteiger partial charge in [-0.05, 0) is 38.5 Å². The summed E-state index contributed by atoms with van der Waals surface area (Å²) in [4.78, 5) is 11.9. The topological polar surface area (TPSA) is 72.2 Å². The molecule has 4 nitrogen and oxygen atoms in total. The first-order chi connectivity index (χ1) is 8.86. The standard InChI is InChI=1S/C13H19FN2O2S/c1-4-8(2)16-13(17)9(3)19(18)12-6-5-10(15)7-11(12)14/h5-9H,4,15H2,1-3H3,(H,16,17). The van der Waals surface area contributed by atoms with Gasteiger partial charge in [0.05, 0.1) is 15.7 Å². The lowest BCUT2D eigenvalue weighted by atomic mass is 10.2. The summed E-state index contributed by atoms with van der Waals surface area (Å²) >= 11 is 0. The number of carbonyl (C=O) groups excluding carboxylic acids is 1. The Labute approximate surface area is 115 Å². The highest BCUT2D eigenvalue weighted by molar-refractivity contribution is 7.86. The molecule has 0 saturated heterocycles. The van der Waals surface area contributed by atoms with Crippen molar-refractivity contribution >= 4 is 22.4 Å². The van der Waals surface area contributed by atoms with E-state index >= 15 is 0 Å². The Morgan fingerprint density at radius 2 is 2.11 bits per heavy atom. The first-order valence-corrected chi connectivity index (χ1v) is 7.34. The molecule has 0 aromatic heterocycles. The van der Waals surface area contributed by atoms with E-state index in [1.54, 1.807) is 0 Å². The normalized spacial score (nSPS) is 15.6. The molecule has 19 heavy (non-hydrogen) atoms. The van der Waals surface area contributed by atoms with E-state index in [0.717, 1.165) is 12.5 Å². The molecule has 6 heteroatoms. The number of hydrogen-bond donors (Lipinski definition) is 2. The van der Waals surface area contributed by atoms with Gasteiger partial charge >= 0.3 is 0 Å². The van der Waals surface area contributed by atoms with Crippen LogP contribution in [0.3, 0.4) is 0 Å². The van der Waals surface area contributed by atoms with Crippen molar-refractivity contribution in [1.29, 1.82) is 0 Å². The largest absolute Gasteiger partial charge is 0.399 e. The second-order valence-electron chi connectivity index (χ2n) is 4.45. The fourth-order valence-electron chi connectivity index (χ4n) is 1.43. The number of rotatable bonds is 5. The molecule has 3 N–H and O–H groups in total. The van der Waals surface area contributed by atoms with E-state index in [9.17, 15) is 13.4 Å². The van der Waals surface area contributed by atoms with E-state index in [4.69, 9.17) is 5.73 Å². The Morgan fingerprint density at radius 1 is 1.47 bits per heavy atom. The highest BCUT2D eigenvalue weighted by Gasteiger charge is 2.24. The van der Waals surface area contributed by atoms with Crippen LogP contribution < -0.4 is 11.1 Å². The van der Waals surface area contributed by atoms with Crippen molar-refractivity contribution < 1.29 is 13.4 Å². The molecule has 3 atom stereocenters. The molecule has 0 radical (unpaired) electrons. The first kappa shape index (κ1) is 15.6. The van der Waals surface area contributed by atoms with Crippen molar-refractivity contribution in [2.24, 2.45) is 0 Å². The number of carbonyl (C=O) groups is 1. The summed E-state index contributed by atoms with van der Waals surface area (Å²) in [7, 11) is -1.74. The monoisotopic (exact) mass is 286 g/mol. The maximum atomic E-state index is 13.6. The van der Waals surface area contributed by atoms with E-state index in [2.05, 4.69) is 5.32 Å². The van der Waals surface area contributed by atoms with Crippen LogP contribution in [0.5, 0.6) is 0 Å². The number of nitrogens with one attached hydrogen (secondary N) is 1. The van der Waals surface area contributed by atoms with Crippen LogP contribution in [0.4, 0.5) is 10.1 Å². The Morgan fingerprint density at radius 3 is 2.63 bits per heavy atom. The van der Waals surface area contributed by atoms with Crippen LogP contribution in [0.2, 0.25) is 0 Å². The van der Waals surface area contributed by atoms with Crippen LogP contribution in [0.1, 0.15) is 27.2 Å². The maximum Gasteiger partial charge on any atom is 0.236 e. The smallest absolute Gasteiger partial charge is 0.236 e. The van der Waals surface area contributed by atoms with Gasteiger partial charge in [0.15, 0.2) is 0 Å². The van der Waals surface area contributed by atoms with E-state index in [0.29, 0.717) is 0 Å². The van der Waals surface area contributed by atoms with Gasteiger partial charge in [-0.1, -0.05) is 6.92 Å². The zero-order valence-corrected chi connectivity index (χ0v) is 12.1. The zero-order chi connectivity index (χ0) is 14.6. The number of hydrogen-bond acceptors (Lipinski definition) is 3. The molecule has 1 aromatic rings. The van der Waals surface area contributed by atoms with Gasteiger partial charge in [-0.25, -0.2) is 4.39 Å². The number of nitrogens with two attached hydrogens (primary N) is 1. The minimum Gasteiger partial charge on any atom is -0.399 e. The molecule has 0 aliphatic heterocycles. The number of nitrogen functional groups attached to an aromatic ring is 1. The van der Waals surface area contributed by atoms with Crippen molar-refractivity contribution in [3.8, 4) is 0 Å². The van der Waals surface area contributed by atoms with Gasteiger partial charge in [-0.2, -0.15) is 0 Å². The lowest BCUT2D eigenvalue weighted by Gasteiger charge is -2.16. The second kappa shape index (κ2) is 6.65. The lowest BCUT2D eigenvalue weighted by molar-refractivity contribution is -0.120. The predicted octanol–water partition coefficient (Wildman–Crippen LogP) is 1.82. The average Bonchev–Trinajstić information content (AvgIpc) is 2.36. The van der Waals surface area contributed by atoms with Crippen LogP contribution in [0.25, 0.3) is 0 Å². The van der Waals surface area contributed by atoms with E-state index < -0.39 is 21.9 Å². The van der Waals surface area contributed by atoms with Crippen LogP contribution in [0.15, 0.2) is 23.1 Å². The van der Waals surface area contributed by atoms with Crippen LogP contribution in [-0.4, -0.2) is 21.4 Å². The van der Waals surface area contributed by atoms with Crippen molar-refractivity contribution in [2.75, 3.05) is 5.73 Å². The summed E-state index contributed by atoms with van der Waals surface area (Å²) in [6, 6.07) is 3.93. The molecule has 1 amide bonds. The first-order valence-electron chi connectivity index (χ1n) is 6.12. The third-order valence-electron chi connectivity index (χ3n) is 2.86. The summed E-state index contributed by atoms with van der Waals surface area (Å²) in [5.41, 5.74) is 5.69. The molecular weight excluding hydrogens is 267 g/mol. The van der Waals surface area contributed by atoms with Crippen molar-refractivity contribution in [2.45, 2.75) is 43.4 Å². The summed E-state index contributed by atoms with van der Waals surface area (Å²) in [5, 5.41) is 1.92.